The Hall–Kier alpha value is -3.88. The molecule has 190 valence electrons. The van der Waals surface area contributed by atoms with Gasteiger partial charge < -0.3 is 20.5 Å². The molecule has 8 nitrogen and oxygen atoms in total. The van der Waals surface area contributed by atoms with Crippen LogP contribution in [0.5, 0.6) is 5.75 Å². The molecule has 1 saturated heterocycles. The van der Waals surface area contributed by atoms with E-state index in [1.54, 1.807) is 12.1 Å². The van der Waals surface area contributed by atoms with Crippen LogP contribution in [0.25, 0.3) is 0 Å². The topological polar surface area (TPSA) is 113 Å². The van der Waals surface area contributed by atoms with Crippen LogP contribution in [-0.4, -0.2) is 56.0 Å². The number of nitrogens with two attached hydrogens (primary N) is 1. The van der Waals surface area contributed by atoms with E-state index in [0.717, 1.165) is 31.4 Å². The molecule has 36 heavy (non-hydrogen) atoms. The predicted octanol–water partition coefficient (Wildman–Crippen LogP) is 3.86. The number of nitriles is 1. The monoisotopic (exact) mass is 501 g/mol. The summed E-state index contributed by atoms with van der Waals surface area (Å²) in [5, 5.41) is 12.2. The second-order valence-corrected chi connectivity index (χ2v) is 7.90. The third-order valence-electron chi connectivity index (χ3n) is 5.42. The summed E-state index contributed by atoms with van der Waals surface area (Å²) < 4.78 is 49.3. The van der Waals surface area contributed by atoms with Gasteiger partial charge in [0, 0.05) is 31.5 Å². The third-order valence-corrected chi connectivity index (χ3v) is 5.42. The van der Waals surface area contributed by atoms with Gasteiger partial charge in [-0.3, -0.25) is 14.7 Å². The zero-order valence-corrected chi connectivity index (χ0v) is 19.6. The molecule has 0 spiro atoms. The van der Waals surface area contributed by atoms with E-state index >= 15 is 0 Å². The van der Waals surface area contributed by atoms with Crippen molar-refractivity contribution < 1.29 is 27.4 Å². The van der Waals surface area contributed by atoms with Crippen molar-refractivity contribution in [3.63, 3.8) is 0 Å². The van der Waals surface area contributed by atoms with Gasteiger partial charge in [-0.05, 0) is 49.4 Å². The number of aliphatic imine (C=N–C) groups is 1. The molecule has 2 aromatic carbocycles. The highest BCUT2D eigenvalue weighted by Crippen LogP contribution is 2.30. The summed E-state index contributed by atoms with van der Waals surface area (Å²) >= 11 is 0. The van der Waals surface area contributed by atoms with Gasteiger partial charge in [-0.1, -0.05) is 0 Å². The van der Waals surface area contributed by atoms with Crippen molar-refractivity contribution in [1.29, 1.82) is 5.26 Å². The lowest BCUT2D eigenvalue weighted by Gasteiger charge is -2.26. The first-order chi connectivity index (χ1) is 17.2. The molecule has 3 N–H and O–H groups in total. The molecule has 1 aliphatic heterocycles. The van der Waals surface area contributed by atoms with Crippen LogP contribution in [0.15, 0.2) is 59.2 Å². The fraction of sp³-hybridized carbons (Fsp3) is 0.320. The number of halogens is 3. The maximum Gasteiger partial charge on any atom is 0.416 e. The zero-order valence-electron chi connectivity index (χ0n) is 19.6. The Morgan fingerprint density at radius 3 is 2.56 bits per heavy atom. The molecule has 0 aliphatic carbocycles. The van der Waals surface area contributed by atoms with Crippen LogP contribution < -0.4 is 15.8 Å². The van der Waals surface area contributed by atoms with Crippen molar-refractivity contribution in [2.24, 2.45) is 10.7 Å². The molecule has 3 rings (SSSR count). The molecule has 0 atom stereocenters. The summed E-state index contributed by atoms with van der Waals surface area (Å²) in [6, 6.07) is 11.0. The number of hydrogen-bond donors (Lipinski definition) is 2. The molecule has 1 heterocycles. The molecule has 2 aromatic rings. The molecule has 11 heteroatoms. The van der Waals surface area contributed by atoms with Gasteiger partial charge in [0.05, 0.1) is 41.3 Å². The number of rotatable bonds is 8. The number of benzene rings is 2. The van der Waals surface area contributed by atoms with E-state index in [2.05, 4.69) is 21.3 Å². The lowest BCUT2D eigenvalue weighted by molar-refractivity contribution is -0.137. The largest absolute Gasteiger partial charge is 0.491 e. The SMILES string of the molecule is CC(=Nc1ccc(C(F)(F)F)cc1)C(=CN)C(=O)Nc1ccc(OCCN2CCOCC2)c(C#N)c1. The second kappa shape index (κ2) is 12.2. The third kappa shape index (κ3) is 7.31. The number of anilines is 1. The van der Waals surface area contributed by atoms with Crippen LogP contribution >= 0.6 is 0 Å². The lowest BCUT2D eigenvalue weighted by atomic mass is 10.1. The summed E-state index contributed by atoms with van der Waals surface area (Å²) in [6.45, 7) is 5.66. The fourth-order valence-electron chi connectivity index (χ4n) is 3.47. The first-order valence-electron chi connectivity index (χ1n) is 11.1. The van der Waals surface area contributed by atoms with E-state index in [9.17, 15) is 23.2 Å². The number of alkyl halides is 3. The Balaban J connectivity index is 1.64. The summed E-state index contributed by atoms with van der Waals surface area (Å²) in [5.74, 6) is -0.186. The van der Waals surface area contributed by atoms with E-state index in [1.807, 2.05) is 0 Å². The predicted molar refractivity (Wildman–Crippen MR) is 129 cm³/mol. The fourth-order valence-corrected chi connectivity index (χ4v) is 3.47. The zero-order chi connectivity index (χ0) is 26.1. The Labute approximate surface area is 206 Å². The van der Waals surface area contributed by atoms with Gasteiger partial charge >= 0.3 is 6.18 Å². The highest BCUT2D eigenvalue weighted by molar-refractivity contribution is 6.25. The van der Waals surface area contributed by atoms with Crippen molar-refractivity contribution in [1.82, 2.24) is 4.90 Å². The average molecular weight is 502 g/mol. The van der Waals surface area contributed by atoms with E-state index in [1.165, 1.54) is 25.1 Å². The van der Waals surface area contributed by atoms with Crippen LogP contribution in [0, 0.1) is 11.3 Å². The van der Waals surface area contributed by atoms with Crippen LogP contribution in [0.2, 0.25) is 0 Å². The van der Waals surface area contributed by atoms with E-state index in [0.29, 0.717) is 37.8 Å². The summed E-state index contributed by atoms with van der Waals surface area (Å²) in [4.78, 5) is 19.2. The first kappa shape index (κ1) is 26.7. The molecular weight excluding hydrogens is 475 g/mol. The second-order valence-electron chi connectivity index (χ2n) is 7.90. The number of morpholine rings is 1. The number of nitrogens with zero attached hydrogens (tertiary/aromatic N) is 3. The Morgan fingerprint density at radius 2 is 1.94 bits per heavy atom. The minimum Gasteiger partial charge on any atom is -0.491 e. The van der Waals surface area contributed by atoms with Gasteiger partial charge in [-0.2, -0.15) is 18.4 Å². The van der Waals surface area contributed by atoms with Crippen molar-refractivity contribution in [2.45, 2.75) is 13.1 Å². The average Bonchev–Trinajstić information content (AvgIpc) is 2.85. The number of ether oxygens (including phenoxy) is 2. The van der Waals surface area contributed by atoms with Crippen LogP contribution in [0.1, 0.15) is 18.1 Å². The van der Waals surface area contributed by atoms with Gasteiger partial charge in [-0.25, -0.2) is 0 Å². The Bertz CT molecular complexity index is 1160. The molecule has 0 unspecified atom stereocenters. The number of carbonyl (C=O) groups excluding carboxylic acids is 1. The summed E-state index contributed by atoms with van der Waals surface area (Å²) in [6.07, 6.45) is -3.39. The van der Waals surface area contributed by atoms with Gasteiger partial charge in [0.25, 0.3) is 5.91 Å². The number of carbonyl (C=O) groups is 1. The van der Waals surface area contributed by atoms with Crippen molar-refractivity contribution in [3.05, 3.63) is 65.4 Å². The van der Waals surface area contributed by atoms with Gasteiger partial charge in [0.1, 0.15) is 18.4 Å². The molecule has 0 radical (unpaired) electrons. The maximum absolute atomic E-state index is 12.8. The molecule has 1 aliphatic rings. The summed E-state index contributed by atoms with van der Waals surface area (Å²) in [7, 11) is 0. The van der Waals surface area contributed by atoms with Crippen molar-refractivity contribution in [2.75, 3.05) is 44.8 Å². The lowest BCUT2D eigenvalue weighted by Crippen LogP contribution is -2.38. The van der Waals surface area contributed by atoms with Crippen molar-refractivity contribution in [3.8, 4) is 11.8 Å². The molecule has 1 fully saturated rings. The van der Waals surface area contributed by atoms with E-state index in [-0.39, 0.29) is 22.5 Å². The summed E-state index contributed by atoms with van der Waals surface area (Å²) in [5.41, 5.74) is 5.89. The van der Waals surface area contributed by atoms with Gasteiger partial charge in [0.2, 0.25) is 0 Å². The van der Waals surface area contributed by atoms with Crippen LogP contribution in [-0.2, 0) is 15.7 Å². The number of hydrogen-bond acceptors (Lipinski definition) is 7. The van der Waals surface area contributed by atoms with Gasteiger partial charge in [0.15, 0.2) is 0 Å². The highest BCUT2D eigenvalue weighted by atomic mass is 19.4. The quantitative estimate of drug-likeness (QED) is 0.420. The molecule has 0 aromatic heterocycles. The Morgan fingerprint density at radius 1 is 1.25 bits per heavy atom. The Kier molecular flexibility index (Phi) is 9.05. The van der Waals surface area contributed by atoms with E-state index < -0.39 is 17.6 Å². The molecular formula is C25H26F3N5O3. The first-order valence-corrected chi connectivity index (χ1v) is 11.1. The van der Waals surface area contributed by atoms with Crippen LogP contribution in [0.3, 0.4) is 0 Å². The standard InChI is InChI=1S/C25H26F3N5O3/c1-17(31-20-4-2-19(3-5-20)25(26,27)28)22(16-30)24(34)32-21-6-7-23(18(14-21)15-29)36-13-10-33-8-11-35-12-9-33/h2-7,14,16H,8-13,30H2,1H3,(H,32,34). The van der Waals surface area contributed by atoms with Gasteiger partial charge in [-0.15, -0.1) is 0 Å². The highest BCUT2D eigenvalue weighted by Gasteiger charge is 2.30. The minimum atomic E-state index is -4.45. The normalized spacial score (nSPS) is 15.3. The maximum atomic E-state index is 12.8. The molecule has 0 bridgehead atoms. The molecule has 1 amide bonds. The number of nitrogens with one attached hydrogen (secondary N) is 1. The van der Waals surface area contributed by atoms with E-state index in [4.69, 9.17) is 15.2 Å². The number of amides is 1. The molecule has 0 saturated carbocycles. The minimum absolute atomic E-state index is 0.0271. The van der Waals surface area contributed by atoms with Crippen LogP contribution in [0.4, 0.5) is 24.5 Å². The van der Waals surface area contributed by atoms with Crippen molar-refractivity contribution >= 4 is 23.0 Å². The smallest absolute Gasteiger partial charge is 0.416 e.